The van der Waals surface area contributed by atoms with Crippen molar-refractivity contribution in [2.24, 2.45) is 0 Å². The minimum Gasteiger partial charge on any atom is -0.346 e. The molecule has 7 nitrogen and oxygen atoms in total. The van der Waals surface area contributed by atoms with E-state index < -0.39 is 5.91 Å². The predicted octanol–water partition coefficient (Wildman–Crippen LogP) is 1.26. The fourth-order valence-electron chi connectivity index (χ4n) is 1.75. The average Bonchev–Trinajstić information content (AvgIpc) is 2.55. The van der Waals surface area contributed by atoms with Gasteiger partial charge in [0.05, 0.1) is 12.3 Å². The van der Waals surface area contributed by atoms with Crippen LogP contribution in [0.5, 0.6) is 0 Å². The van der Waals surface area contributed by atoms with Gasteiger partial charge in [0.25, 0.3) is 5.91 Å². The molecule has 0 fully saturated rings. The molecule has 0 bridgehead atoms. The highest BCUT2D eigenvalue weighted by molar-refractivity contribution is 5.93. The van der Waals surface area contributed by atoms with E-state index in [1.807, 2.05) is 0 Å². The zero-order valence-corrected chi connectivity index (χ0v) is 11.6. The molecule has 0 aliphatic heterocycles. The third kappa shape index (κ3) is 4.11. The van der Waals surface area contributed by atoms with Crippen molar-refractivity contribution < 1.29 is 9.59 Å². The third-order valence-electron chi connectivity index (χ3n) is 2.77. The lowest BCUT2D eigenvalue weighted by Gasteiger charge is -2.11. The van der Waals surface area contributed by atoms with Crippen molar-refractivity contribution in [3.05, 3.63) is 54.1 Å². The summed E-state index contributed by atoms with van der Waals surface area (Å²) in [5, 5.41) is 13.8. The van der Waals surface area contributed by atoms with Crippen LogP contribution in [0, 0.1) is 11.3 Å². The van der Waals surface area contributed by atoms with Gasteiger partial charge in [-0.2, -0.15) is 5.26 Å². The SMILES string of the molecule is N#CCC(=O)Nc1ccccc1CNC(=O)c1cnccn1. The van der Waals surface area contributed by atoms with Crippen LogP contribution in [0.3, 0.4) is 0 Å². The van der Waals surface area contributed by atoms with Crippen molar-refractivity contribution in [1.82, 2.24) is 15.3 Å². The number of rotatable bonds is 5. The van der Waals surface area contributed by atoms with E-state index in [9.17, 15) is 9.59 Å². The molecule has 0 unspecified atom stereocenters. The number of amides is 2. The highest BCUT2D eigenvalue weighted by atomic mass is 16.2. The molecule has 2 rings (SSSR count). The smallest absolute Gasteiger partial charge is 0.271 e. The minimum absolute atomic E-state index is 0.216. The van der Waals surface area contributed by atoms with E-state index in [4.69, 9.17) is 5.26 Å². The zero-order chi connectivity index (χ0) is 15.8. The first-order valence-electron chi connectivity index (χ1n) is 6.49. The molecule has 1 heterocycles. The predicted molar refractivity (Wildman–Crippen MR) is 78.5 cm³/mol. The summed E-state index contributed by atoms with van der Waals surface area (Å²) in [5.41, 5.74) is 1.50. The second-order valence-electron chi connectivity index (χ2n) is 4.31. The number of nitrogens with zero attached hydrogens (tertiary/aromatic N) is 3. The number of anilines is 1. The zero-order valence-electron chi connectivity index (χ0n) is 11.6. The lowest BCUT2D eigenvalue weighted by molar-refractivity contribution is -0.115. The topological polar surface area (TPSA) is 108 Å². The molecule has 2 aromatic rings. The van der Waals surface area contributed by atoms with Gasteiger partial charge in [0.15, 0.2) is 0 Å². The Kier molecular flexibility index (Phi) is 5.15. The number of benzene rings is 1. The Morgan fingerprint density at radius 3 is 2.77 bits per heavy atom. The summed E-state index contributed by atoms with van der Waals surface area (Å²) in [6.45, 7) is 0.221. The summed E-state index contributed by atoms with van der Waals surface area (Å²) in [5.74, 6) is -0.749. The molecule has 110 valence electrons. The van der Waals surface area contributed by atoms with Crippen LogP contribution in [0.1, 0.15) is 22.5 Å². The fraction of sp³-hybridized carbons (Fsp3) is 0.133. The van der Waals surface area contributed by atoms with Gasteiger partial charge in [-0.1, -0.05) is 18.2 Å². The highest BCUT2D eigenvalue weighted by Crippen LogP contribution is 2.15. The second-order valence-corrected chi connectivity index (χ2v) is 4.31. The van der Waals surface area contributed by atoms with Gasteiger partial charge in [-0.15, -0.1) is 0 Å². The van der Waals surface area contributed by atoms with E-state index >= 15 is 0 Å². The van der Waals surface area contributed by atoms with Crippen molar-refractivity contribution in [2.75, 3.05) is 5.32 Å². The van der Waals surface area contributed by atoms with Crippen molar-refractivity contribution in [1.29, 1.82) is 5.26 Å². The van der Waals surface area contributed by atoms with Crippen LogP contribution in [-0.4, -0.2) is 21.8 Å². The van der Waals surface area contributed by atoms with E-state index in [1.165, 1.54) is 18.6 Å². The molecule has 0 radical (unpaired) electrons. The molecule has 0 aliphatic carbocycles. The van der Waals surface area contributed by atoms with Crippen molar-refractivity contribution >= 4 is 17.5 Å². The number of nitriles is 1. The van der Waals surface area contributed by atoms with Crippen LogP contribution in [-0.2, 0) is 11.3 Å². The Morgan fingerprint density at radius 1 is 1.23 bits per heavy atom. The van der Waals surface area contributed by atoms with Crippen molar-refractivity contribution in [2.45, 2.75) is 13.0 Å². The van der Waals surface area contributed by atoms with E-state index in [0.717, 1.165) is 5.56 Å². The van der Waals surface area contributed by atoms with Gasteiger partial charge in [0, 0.05) is 24.6 Å². The third-order valence-corrected chi connectivity index (χ3v) is 2.77. The first kappa shape index (κ1) is 15.1. The van der Waals surface area contributed by atoms with Gasteiger partial charge in [-0.25, -0.2) is 4.98 Å². The highest BCUT2D eigenvalue weighted by Gasteiger charge is 2.09. The van der Waals surface area contributed by atoms with Crippen molar-refractivity contribution in [3.63, 3.8) is 0 Å². The second kappa shape index (κ2) is 7.50. The van der Waals surface area contributed by atoms with Gasteiger partial charge < -0.3 is 10.6 Å². The Hall–Kier alpha value is -3.27. The quantitative estimate of drug-likeness (QED) is 0.863. The molecule has 1 aromatic heterocycles. The van der Waals surface area contributed by atoms with Crippen LogP contribution < -0.4 is 10.6 Å². The summed E-state index contributed by atoms with van der Waals surface area (Å²) in [6, 6.07) is 8.82. The molecule has 2 N–H and O–H groups in total. The molecule has 0 spiro atoms. The van der Waals surface area contributed by atoms with Crippen LogP contribution >= 0.6 is 0 Å². The molecule has 0 aliphatic rings. The first-order chi connectivity index (χ1) is 10.7. The number of hydrogen-bond donors (Lipinski definition) is 2. The van der Waals surface area contributed by atoms with Gasteiger partial charge in [-0.3, -0.25) is 14.6 Å². The fourth-order valence-corrected chi connectivity index (χ4v) is 1.75. The summed E-state index contributed by atoms with van der Waals surface area (Å²) in [6.07, 6.45) is 4.07. The van der Waals surface area contributed by atoms with Crippen LogP contribution in [0.4, 0.5) is 5.69 Å². The largest absolute Gasteiger partial charge is 0.346 e. The Morgan fingerprint density at radius 2 is 2.05 bits per heavy atom. The van der Waals surface area contributed by atoms with Crippen LogP contribution in [0.15, 0.2) is 42.9 Å². The lowest BCUT2D eigenvalue weighted by atomic mass is 10.1. The van der Waals surface area contributed by atoms with Gasteiger partial charge in [0.1, 0.15) is 12.1 Å². The van der Waals surface area contributed by atoms with Crippen molar-refractivity contribution in [3.8, 4) is 6.07 Å². The molecule has 0 saturated heterocycles. The molecule has 0 saturated carbocycles. The maximum absolute atomic E-state index is 11.9. The average molecular weight is 295 g/mol. The summed E-state index contributed by atoms with van der Waals surface area (Å²) in [7, 11) is 0. The number of nitrogens with one attached hydrogen (secondary N) is 2. The molecule has 0 atom stereocenters. The number of aromatic nitrogens is 2. The number of para-hydroxylation sites is 1. The monoisotopic (exact) mass is 295 g/mol. The maximum atomic E-state index is 11.9. The summed E-state index contributed by atoms with van der Waals surface area (Å²) in [4.78, 5) is 31.1. The lowest BCUT2D eigenvalue weighted by Crippen LogP contribution is -2.24. The van der Waals surface area contributed by atoms with E-state index in [1.54, 1.807) is 30.3 Å². The molecule has 1 aromatic carbocycles. The summed E-state index contributed by atoms with van der Waals surface area (Å²) >= 11 is 0. The number of carbonyl (C=O) groups is 2. The van der Waals surface area contributed by atoms with Gasteiger partial charge >= 0.3 is 0 Å². The Bertz CT molecular complexity index is 709. The molecular weight excluding hydrogens is 282 g/mol. The van der Waals surface area contributed by atoms with E-state index in [2.05, 4.69) is 20.6 Å². The maximum Gasteiger partial charge on any atom is 0.271 e. The first-order valence-corrected chi connectivity index (χ1v) is 6.49. The van der Waals surface area contributed by atoms with Gasteiger partial charge in [-0.05, 0) is 11.6 Å². The number of carbonyl (C=O) groups excluding carboxylic acids is 2. The number of hydrogen-bond acceptors (Lipinski definition) is 5. The normalized spacial score (nSPS) is 9.59. The molecule has 2 amide bonds. The van der Waals surface area contributed by atoms with Crippen LogP contribution in [0.25, 0.3) is 0 Å². The molecular formula is C15H13N5O2. The Balaban J connectivity index is 2.03. The van der Waals surface area contributed by atoms with E-state index in [0.29, 0.717) is 5.69 Å². The molecule has 7 heteroatoms. The van der Waals surface area contributed by atoms with E-state index in [-0.39, 0.29) is 24.6 Å². The summed E-state index contributed by atoms with van der Waals surface area (Å²) < 4.78 is 0. The van der Waals surface area contributed by atoms with Crippen LogP contribution in [0.2, 0.25) is 0 Å². The molecule has 22 heavy (non-hydrogen) atoms. The van der Waals surface area contributed by atoms with Gasteiger partial charge in [0.2, 0.25) is 5.91 Å². The standard InChI is InChI=1S/C15H13N5O2/c16-6-5-14(21)20-12-4-2-1-3-11(12)9-19-15(22)13-10-17-7-8-18-13/h1-4,7-8,10H,5,9H2,(H,19,22)(H,20,21). The minimum atomic E-state index is -0.393. The Labute approximate surface area is 127 Å².